The summed E-state index contributed by atoms with van der Waals surface area (Å²) in [5.74, 6) is 1.71. The Morgan fingerprint density at radius 2 is 2.14 bits per heavy atom. The number of para-hydroxylation sites is 1. The van der Waals surface area contributed by atoms with Crippen LogP contribution in [0.5, 0.6) is 5.75 Å². The van der Waals surface area contributed by atoms with Crippen molar-refractivity contribution < 1.29 is 14.3 Å². The molecule has 0 spiro atoms. The van der Waals surface area contributed by atoms with Crippen molar-refractivity contribution in [3.63, 3.8) is 0 Å². The van der Waals surface area contributed by atoms with E-state index in [1.807, 2.05) is 18.2 Å². The summed E-state index contributed by atoms with van der Waals surface area (Å²) in [5.41, 5.74) is 3.00. The molecule has 152 valence electrons. The maximum atomic E-state index is 12.6. The van der Waals surface area contributed by atoms with E-state index in [0.29, 0.717) is 12.5 Å². The maximum absolute atomic E-state index is 12.6. The van der Waals surface area contributed by atoms with Crippen molar-refractivity contribution in [3.8, 4) is 5.75 Å². The van der Waals surface area contributed by atoms with Gasteiger partial charge in [0.1, 0.15) is 11.9 Å². The Kier molecular flexibility index (Phi) is 5.50. The van der Waals surface area contributed by atoms with Gasteiger partial charge in [0.05, 0.1) is 13.0 Å². The first-order valence-corrected chi connectivity index (χ1v) is 10.8. The van der Waals surface area contributed by atoms with Gasteiger partial charge >= 0.3 is 5.97 Å². The van der Waals surface area contributed by atoms with Crippen LogP contribution < -0.4 is 10.1 Å². The van der Waals surface area contributed by atoms with Crippen LogP contribution in [0.1, 0.15) is 45.1 Å². The normalized spacial score (nSPS) is 34.2. The number of nitrogens with one attached hydrogen (secondary N) is 1. The molecule has 0 radical (unpaired) electrons. The summed E-state index contributed by atoms with van der Waals surface area (Å²) in [5, 5.41) is 3.50. The topological polar surface area (TPSA) is 47.6 Å². The second-order valence-corrected chi connectivity index (χ2v) is 9.11. The van der Waals surface area contributed by atoms with Crippen molar-refractivity contribution in [2.45, 2.75) is 52.1 Å². The molecule has 1 aliphatic heterocycles. The lowest BCUT2D eigenvalue weighted by Crippen LogP contribution is -2.40. The number of esters is 1. The van der Waals surface area contributed by atoms with Crippen molar-refractivity contribution in [2.24, 2.45) is 23.2 Å². The molecule has 3 aliphatic rings. The van der Waals surface area contributed by atoms with Crippen LogP contribution >= 0.6 is 0 Å². The van der Waals surface area contributed by atoms with E-state index in [1.54, 1.807) is 12.7 Å². The Labute approximate surface area is 168 Å². The third kappa shape index (κ3) is 3.59. The minimum absolute atomic E-state index is 0.0217. The number of rotatable bonds is 6. The highest BCUT2D eigenvalue weighted by molar-refractivity contribution is 5.76. The van der Waals surface area contributed by atoms with Crippen LogP contribution in [0.15, 0.2) is 35.9 Å². The van der Waals surface area contributed by atoms with Crippen LogP contribution in [0, 0.1) is 23.2 Å². The molecule has 4 rings (SSSR count). The predicted octanol–water partition coefficient (Wildman–Crippen LogP) is 4.14. The van der Waals surface area contributed by atoms with Crippen LogP contribution in [0.4, 0.5) is 0 Å². The van der Waals surface area contributed by atoms with E-state index in [-0.39, 0.29) is 29.3 Å². The standard InChI is InChI=1S/C24H33NO3/c1-16-7-6-11-24(2)14-22-18(13-20(16)24)19(23(26)28-22)15-25-12-10-17-8-4-5-9-21(17)27-3/h4-5,8-9,13,16,18-19,22,25H,6-7,10-12,14-15H2,1-3H3/t16-,18+,19-,22-,24+/m1/s1. The summed E-state index contributed by atoms with van der Waals surface area (Å²) in [6, 6.07) is 8.11. The lowest BCUT2D eigenvalue weighted by molar-refractivity contribution is -0.145. The SMILES string of the molecule is COc1ccccc1CCNC[C@H]1C(=O)O[C@@H]2C[C@]3(C)CCC[C@@H](C)C3=C[C@H]21. The van der Waals surface area contributed by atoms with Crippen molar-refractivity contribution >= 4 is 5.97 Å². The molecule has 2 aliphatic carbocycles. The average molecular weight is 384 g/mol. The number of ether oxygens (including phenoxy) is 2. The largest absolute Gasteiger partial charge is 0.496 e. The van der Waals surface area contributed by atoms with Crippen molar-refractivity contribution in [1.82, 2.24) is 5.32 Å². The molecular formula is C24H33NO3. The first-order valence-electron chi connectivity index (χ1n) is 10.8. The number of methoxy groups -OCH3 is 1. The number of hydrogen-bond acceptors (Lipinski definition) is 4. The van der Waals surface area contributed by atoms with Crippen LogP contribution in [-0.2, 0) is 16.0 Å². The number of allylic oxidation sites excluding steroid dienone is 1. The molecule has 5 atom stereocenters. The van der Waals surface area contributed by atoms with Gasteiger partial charge in [-0.1, -0.05) is 50.1 Å². The molecule has 1 N–H and O–H groups in total. The van der Waals surface area contributed by atoms with Gasteiger partial charge < -0.3 is 14.8 Å². The monoisotopic (exact) mass is 383 g/mol. The van der Waals surface area contributed by atoms with Crippen LogP contribution in [0.25, 0.3) is 0 Å². The minimum Gasteiger partial charge on any atom is -0.496 e. The molecular weight excluding hydrogens is 350 g/mol. The fourth-order valence-electron chi connectivity index (χ4n) is 5.67. The van der Waals surface area contributed by atoms with Crippen molar-refractivity contribution in [2.75, 3.05) is 20.2 Å². The third-order valence-electron chi connectivity index (χ3n) is 7.21. The second kappa shape index (κ2) is 7.90. The van der Waals surface area contributed by atoms with E-state index in [2.05, 4.69) is 31.3 Å². The molecule has 1 heterocycles. The number of fused-ring (bicyclic) bond motifs is 2. The van der Waals surface area contributed by atoms with E-state index >= 15 is 0 Å². The Bertz CT molecular complexity index is 758. The lowest BCUT2D eigenvalue weighted by Gasteiger charge is -2.46. The number of carbonyl (C=O) groups excluding carboxylic acids is 1. The minimum atomic E-state index is -0.0613. The fourth-order valence-corrected chi connectivity index (χ4v) is 5.67. The Balaban J connectivity index is 1.39. The number of carbonyl (C=O) groups is 1. The summed E-state index contributed by atoms with van der Waals surface area (Å²) in [7, 11) is 1.71. The van der Waals surface area contributed by atoms with Gasteiger partial charge in [0.25, 0.3) is 0 Å². The van der Waals surface area contributed by atoms with E-state index in [4.69, 9.17) is 9.47 Å². The maximum Gasteiger partial charge on any atom is 0.311 e. The molecule has 1 saturated heterocycles. The average Bonchev–Trinajstić information content (AvgIpc) is 2.97. The molecule has 0 aromatic heterocycles. The summed E-state index contributed by atoms with van der Waals surface area (Å²) < 4.78 is 11.3. The summed E-state index contributed by atoms with van der Waals surface area (Å²) in [4.78, 5) is 12.6. The molecule has 4 nitrogen and oxygen atoms in total. The van der Waals surface area contributed by atoms with Gasteiger partial charge in [0.2, 0.25) is 0 Å². The zero-order valence-electron chi connectivity index (χ0n) is 17.4. The fraction of sp³-hybridized carbons (Fsp3) is 0.625. The Morgan fingerprint density at radius 1 is 1.32 bits per heavy atom. The highest BCUT2D eigenvalue weighted by Crippen LogP contribution is 2.53. The van der Waals surface area contributed by atoms with Crippen LogP contribution in [-0.4, -0.2) is 32.3 Å². The van der Waals surface area contributed by atoms with Gasteiger partial charge in [0, 0.05) is 12.5 Å². The van der Waals surface area contributed by atoms with Crippen molar-refractivity contribution in [3.05, 3.63) is 41.5 Å². The summed E-state index contributed by atoms with van der Waals surface area (Å²) in [6.07, 6.45) is 8.16. The van der Waals surface area contributed by atoms with E-state index < -0.39 is 0 Å². The van der Waals surface area contributed by atoms with Gasteiger partial charge in [-0.15, -0.1) is 0 Å². The molecule has 0 amide bonds. The molecule has 1 aromatic carbocycles. The highest BCUT2D eigenvalue weighted by atomic mass is 16.6. The second-order valence-electron chi connectivity index (χ2n) is 9.11. The first kappa shape index (κ1) is 19.5. The Hall–Kier alpha value is -1.81. The molecule has 1 saturated carbocycles. The zero-order valence-corrected chi connectivity index (χ0v) is 17.4. The highest BCUT2D eigenvalue weighted by Gasteiger charge is 2.51. The Morgan fingerprint density at radius 3 is 2.96 bits per heavy atom. The molecule has 2 fully saturated rings. The number of benzene rings is 1. The zero-order chi connectivity index (χ0) is 19.7. The first-order chi connectivity index (χ1) is 13.5. The van der Waals surface area contributed by atoms with E-state index in [0.717, 1.165) is 25.1 Å². The lowest BCUT2D eigenvalue weighted by atomic mass is 9.59. The van der Waals surface area contributed by atoms with Gasteiger partial charge in [-0.25, -0.2) is 0 Å². The summed E-state index contributed by atoms with van der Waals surface area (Å²) in [6.45, 7) is 6.23. The summed E-state index contributed by atoms with van der Waals surface area (Å²) >= 11 is 0. The molecule has 1 aromatic rings. The third-order valence-corrected chi connectivity index (χ3v) is 7.21. The van der Waals surface area contributed by atoms with E-state index in [1.165, 1.54) is 24.8 Å². The smallest absolute Gasteiger partial charge is 0.311 e. The number of hydrogen-bond donors (Lipinski definition) is 1. The van der Waals surface area contributed by atoms with E-state index in [9.17, 15) is 4.79 Å². The van der Waals surface area contributed by atoms with Gasteiger partial charge in [-0.3, -0.25) is 4.79 Å². The van der Waals surface area contributed by atoms with Crippen molar-refractivity contribution in [1.29, 1.82) is 0 Å². The molecule has 4 heteroatoms. The molecule has 28 heavy (non-hydrogen) atoms. The van der Waals surface area contributed by atoms with Gasteiger partial charge in [-0.05, 0) is 55.2 Å². The quantitative estimate of drug-likeness (QED) is 0.456. The van der Waals surface area contributed by atoms with Crippen LogP contribution in [0.3, 0.4) is 0 Å². The molecule has 0 unspecified atom stereocenters. The predicted molar refractivity (Wildman–Crippen MR) is 110 cm³/mol. The van der Waals surface area contributed by atoms with Gasteiger partial charge in [-0.2, -0.15) is 0 Å². The molecule has 0 bridgehead atoms. The van der Waals surface area contributed by atoms with Gasteiger partial charge in [0.15, 0.2) is 0 Å². The van der Waals surface area contributed by atoms with Crippen LogP contribution in [0.2, 0.25) is 0 Å².